The number of hydrogen-bond acceptors (Lipinski definition) is 3. The summed E-state index contributed by atoms with van der Waals surface area (Å²) < 4.78 is 5.36. The molecule has 4 nitrogen and oxygen atoms in total. The third-order valence-electron chi connectivity index (χ3n) is 3.26. The topological polar surface area (TPSA) is 55.6 Å². The number of ether oxygens (including phenoxy) is 1. The maximum Gasteiger partial charge on any atom is 0.239 e. The summed E-state index contributed by atoms with van der Waals surface area (Å²) in [5, 5.41) is 0. The van der Waals surface area contributed by atoms with Gasteiger partial charge in [-0.1, -0.05) is 13.8 Å². The summed E-state index contributed by atoms with van der Waals surface area (Å²) in [7, 11) is 1.70. The van der Waals surface area contributed by atoms with Crippen LogP contribution in [-0.2, 0) is 9.53 Å². The van der Waals surface area contributed by atoms with Gasteiger partial charge in [0.2, 0.25) is 5.91 Å². The Labute approximate surface area is 91.8 Å². The largest absolute Gasteiger partial charge is 0.379 e. The molecule has 0 aliphatic carbocycles. The Kier molecular flexibility index (Phi) is 4.54. The van der Waals surface area contributed by atoms with Gasteiger partial charge in [-0.3, -0.25) is 4.79 Å². The molecular formula is C11H22N2O2. The summed E-state index contributed by atoms with van der Waals surface area (Å²) in [6.07, 6.45) is 1.86. The molecule has 3 atom stereocenters. The molecular weight excluding hydrogens is 192 g/mol. The average molecular weight is 214 g/mol. The molecule has 0 aromatic carbocycles. The molecule has 1 heterocycles. The molecule has 1 fully saturated rings. The molecule has 0 aromatic heterocycles. The molecule has 2 unspecified atom stereocenters. The number of carbonyl (C=O) groups is 1. The van der Waals surface area contributed by atoms with Gasteiger partial charge in [0, 0.05) is 20.2 Å². The van der Waals surface area contributed by atoms with Crippen molar-refractivity contribution in [3.05, 3.63) is 0 Å². The van der Waals surface area contributed by atoms with E-state index in [0.29, 0.717) is 18.9 Å². The summed E-state index contributed by atoms with van der Waals surface area (Å²) in [6, 6.07) is -0.351. The Hall–Kier alpha value is -0.610. The highest BCUT2D eigenvalue weighted by molar-refractivity contribution is 5.81. The van der Waals surface area contributed by atoms with Gasteiger partial charge in [-0.2, -0.15) is 0 Å². The normalized spacial score (nSPS) is 28.9. The first-order valence-electron chi connectivity index (χ1n) is 5.67. The van der Waals surface area contributed by atoms with Crippen LogP contribution in [0.2, 0.25) is 0 Å². The number of carbonyl (C=O) groups excluding carboxylic acids is 1. The fourth-order valence-corrected chi connectivity index (χ4v) is 1.95. The van der Waals surface area contributed by atoms with E-state index in [-0.39, 0.29) is 18.1 Å². The van der Waals surface area contributed by atoms with Crippen LogP contribution < -0.4 is 5.73 Å². The van der Waals surface area contributed by atoms with Crippen LogP contribution >= 0.6 is 0 Å². The molecule has 2 N–H and O–H groups in total. The zero-order chi connectivity index (χ0) is 11.4. The number of hydrogen-bond donors (Lipinski definition) is 1. The first-order valence-corrected chi connectivity index (χ1v) is 5.67. The Morgan fingerprint density at radius 3 is 2.87 bits per heavy atom. The minimum absolute atomic E-state index is 0.0615. The Bertz CT molecular complexity index is 221. The SMILES string of the molecule is CC[C@H](N)C(=O)N1CCC(C)C(OC)C1. The highest BCUT2D eigenvalue weighted by Gasteiger charge is 2.30. The van der Waals surface area contributed by atoms with Crippen molar-refractivity contribution in [2.45, 2.75) is 38.8 Å². The second-order valence-corrected chi connectivity index (χ2v) is 4.34. The third-order valence-corrected chi connectivity index (χ3v) is 3.26. The molecule has 0 saturated carbocycles. The van der Waals surface area contributed by atoms with Gasteiger partial charge < -0.3 is 15.4 Å². The van der Waals surface area contributed by atoms with Gasteiger partial charge in [0.15, 0.2) is 0 Å². The van der Waals surface area contributed by atoms with Gasteiger partial charge >= 0.3 is 0 Å². The number of piperidine rings is 1. The van der Waals surface area contributed by atoms with Crippen molar-refractivity contribution in [1.29, 1.82) is 0 Å². The number of nitrogens with zero attached hydrogens (tertiary/aromatic N) is 1. The predicted molar refractivity (Wildman–Crippen MR) is 59.4 cm³/mol. The van der Waals surface area contributed by atoms with Gasteiger partial charge in [0.1, 0.15) is 0 Å². The van der Waals surface area contributed by atoms with E-state index < -0.39 is 0 Å². The lowest BCUT2D eigenvalue weighted by molar-refractivity contribution is -0.137. The van der Waals surface area contributed by atoms with E-state index in [1.165, 1.54) is 0 Å². The molecule has 88 valence electrons. The van der Waals surface area contributed by atoms with Crippen molar-refractivity contribution < 1.29 is 9.53 Å². The standard InChI is InChI=1S/C11H22N2O2/c1-4-9(12)11(14)13-6-5-8(2)10(7-13)15-3/h8-10H,4-7,12H2,1-3H3/t8?,9-,10?/m0/s1. The average Bonchev–Trinajstić information content (AvgIpc) is 2.27. The molecule has 0 spiro atoms. The van der Waals surface area contributed by atoms with Gasteiger partial charge in [-0.15, -0.1) is 0 Å². The van der Waals surface area contributed by atoms with Crippen molar-refractivity contribution in [3.8, 4) is 0 Å². The molecule has 15 heavy (non-hydrogen) atoms. The van der Waals surface area contributed by atoms with Gasteiger partial charge in [0.25, 0.3) is 0 Å². The van der Waals surface area contributed by atoms with Gasteiger partial charge in [-0.05, 0) is 18.8 Å². The Balaban J connectivity index is 2.54. The highest BCUT2D eigenvalue weighted by atomic mass is 16.5. The molecule has 0 bridgehead atoms. The fraction of sp³-hybridized carbons (Fsp3) is 0.909. The lowest BCUT2D eigenvalue weighted by Crippen LogP contribution is -2.51. The number of nitrogens with two attached hydrogens (primary N) is 1. The summed E-state index contributed by atoms with van der Waals surface area (Å²) in [4.78, 5) is 13.7. The molecule has 1 saturated heterocycles. The number of methoxy groups -OCH3 is 1. The minimum Gasteiger partial charge on any atom is -0.379 e. The van der Waals surface area contributed by atoms with E-state index in [1.807, 2.05) is 11.8 Å². The Morgan fingerprint density at radius 2 is 2.33 bits per heavy atom. The quantitative estimate of drug-likeness (QED) is 0.749. The van der Waals surface area contributed by atoms with Crippen molar-refractivity contribution in [1.82, 2.24) is 4.90 Å². The van der Waals surface area contributed by atoms with Crippen LogP contribution in [0.15, 0.2) is 0 Å². The Morgan fingerprint density at radius 1 is 1.67 bits per heavy atom. The molecule has 0 radical (unpaired) electrons. The number of likely N-dealkylation sites (tertiary alicyclic amines) is 1. The highest BCUT2D eigenvalue weighted by Crippen LogP contribution is 2.19. The first-order chi connectivity index (χ1) is 7.10. The number of rotatable bonds is 3. The summed E-state index contributed by atoms with van der Waals surface area (Å²) in [5.74, 6) is 0.586. The van der Waals surface area contributed by atoms with Crippen molar-refractivity contribution >= 4 is 5.91 Å². The maximum atomic E-state index is 11.8. The van der Waals surface area contributed by atoms with Gasteiger partial charge in [0.05, 0.1) is 12.1 Å². The van der Waals surface area contributed by atoms with E-state index in [0.717, 1.165) is 13.0 Å². The third kappa shape index (κ3) is 2.92. The number of amides is 1. The van der Waals surface area contributed by atoms with E-state index in [2.05, 4.69) is 6.92 Å². The molecule has 1 aliphatic rings. The second kappa shape index (κ2) is 5.47. The lowest BCUT2D eigenvalue weighted by Gasteiger charge is -2.37. The van der Waals surface area contributed by atoms with Crippen LogP contribution in [0.25, 0.3) is 0 Å². The zero-order valence-electron chi connectivity index (χ0n) is 9.90. The van der Waals surface area contributed by atoms with Crippen molar-refractivity contribution in [2.24, 2.45) is 11.7 Å². The van der Waals surface area contributed by atoms with Crippen LogP contribution in [0.4, 0.5) is 0 Å². The van der Waals surface area contributed by atoms with E-state index in [4.69, 9.17) is 10.5 Å². The van der Waals surface area contributed by atoms with Crippen LogP contribution in [0, 0.1) is 5.92 Å². The zero-order valence-corrected chi connectivity index (χ0v) is 9.90. The van der Waals surface area contributed by atoms with E-state index in [9.17, 15) is 4.79 Å². The van der Waals surface area contributed by atoms with Crippen LogP contribution in [0.5, 0.6) is 0 Å². The second-order valence-electron chi connectivity index (χ2n) is 4.34. The van der Waals surface area contributed by atoms with Gasteiger partial charge in [-0.25, -0.2) is 0 Å². The summed E-state index contributed by atoms with van der Waals surface area (Å²) in [6.45, 7) is 5.59. The monoisotopic (exact) mass is 214 g/mol. The molecule has 1 aliphatic heterocycles. The fourth-order valence-electron chi connectivity index (χ4n) is 1.95. The summed E-state index contributed by atoms with van der Waals surface area (Å²) in [5.41, 5.74) is 5.74. The molecule has 1 rings (SSSR count). The molecule has 1 amide bonds. The van der Waals surface area contributed by atoms with Crippen molar-refractivity contribution in [2.75, 3.05) is 20.2 Å². The predicted octanol–water partition coefficient (Wildman–Crippen LogP) is 0.607. The molecule has 4 heteroatoms. The first kappa shape index (κ1) is 12.5. The minimum atomic E-state index is -0.351. The van der Waals surface area contributed by atoms with Crippen LogP contribution in [0.1, 0.15) is 26.7 Å². The molecule has 0 aromatic rings. The lowest BCUT2D eigenvalue weighted by atomic mass is 9.95. The van der Waals surface area contributed by atoms with Crippen LogP contribution in [0.3, 0.4) is 0 Å². The van der Waals surface area contributed by atoms with E-state index in [1.54, 1.807) is 7.11 Å². The summed E-state index contributed by atoms with van der Waals surface area (Å²) >= 11 is 0. The van der Waals surface area contributed by atoms with Crippen LogP contribution in [-0.4, -0.2) is 43.2 Å². The smallest absolute Gasteiger partial charge is 0.239 e. The van der Waals surface area contributed by atoms with Crippen molar-refractivity contribution in [3.63, 3.8) is 0 Å². The maximum absolute atomic E-state index is 11.8. The van der Waals surface area contributed by atoms with E-state index >= 15 is 0 Å².